The molecular weight excluding hydrogens is 484 g/mol. The number of nitrogens with one attached hydrogen (secondary N) is 2. The summed E-state index contributed by atoms with van der Waals surface area (Å²) in [4.78, 5) is 52.5. The van der Waals surface area contributed by atoms with E-state index in [1.165, 1.54) is 28.8 Å². The van der Waals surface area contributed by atoms with Crippen LogP contribution in [0.5, 0.6) is 5.75 Å². The number of carbonyl (C=O) groups excluding carboxylic acids is 3. The predicted molar refractivity (Wildman–Crippen MR) is 138 cm³/mol. The van der Waals surface area contributed by atoms with Crippen molar-refractivity contribution in [3.63, 3.8) is 0 Å². The number of phenols is 1. The Morgan fingerprint density at radius 2 is 1.83 bits per heavy atom. The van der Waals surface area contributed by atoms with E-state index in [1.54, 1.807) is 12.1 Å². The first-order valence-corrected chi connectivity index (χ1v) is 13.6. The second-order valence-corrected chi connectivity index (χ2v) is 10.2. The number of nitrogens with two attached hydrogens (primary N) is 1. The van der Waals surface area contributed by atoms with Gasteiger partial charge in [0.05, 0.1) is 6.04 Å². The minimum Gasteiger partial charge on any atom is -0.508 e. The first-order valence-electron chi connectivity index (χ1n) is 12.2. The van der Waals surface area contributed by atoms with E-state index in [0.717, 1.165) is 0 Å². The maximum atomic E-state index is 13.6. The van der Waals surface area contributed by atoms with Crippen LogP contribution in [0.4, 0.5) is 0 Å². The summed E-state index contributed by atoms with van der Waals surface area (Å²) in [6.07, 6.45) is 3.95. The standard InChI is InChI=1S/C25H38N4O6S/c1-4-15(2)21(26)23(32)28-19(14-16-7-9-17(30)10-8-16)24(33)29-12-5-6-20(29)22(31)27-18(25(34)35)11-13-36-3/h7-10,15,18-21,30H,4-6,11-14,26H2,1-3H3,(H,27,31)(H,28,32)(H,34,35). The summed E-state index contributed by atoms with van der Waals surface area (Å²) in [6, 6.07) is 2.68. The molecule has 1 aromatic rings. The van der Waals surface area contributed by atoms with Crippen molar-refractivity contribution in [2.75, 3.05) is 18.6 Å². The van der Waals surface area contributed by atoms with Gasteiger partial charge in [-0.3, -0.25) is 14.4 Å². The molecule has 2 rings (SSSR count). The van der Waals surface area contributed by atoms with Crippen molar-refractivity contribution in [3.05, 3.63) is 29.8 Å². The lowest BCUT2D eigenvalue weighted by atomic mass is 9.98. The average molecular weight is 523 g/mol. The number of aromatic hydroxyl groups is 1. The van der Waals surface area contributed by atoms with E-state index in [-0.39, 0.29) is 24.5 Å². The van der Waals surface area contributed by atoms with Gasteiger partial charge in [-0.2, -0.15) is 11.8 Å². The predicted octanol–water partition coefficient (Wildman–Crippen LogP) is 1.11. The average Bonchev–Trinajstić information content (AvgIpc) is 3.35. The first kappa shape index (κ1) is 29.4. The lowest BCUT2D eigenvalue weighted by Crippen LogP contribution is -2.58. The molecule has 1 heterocycles. The monoisotopic (exact) mass is 522 g/mol. The van der Waals surface area contributed by atoms with E-state index in [0.29, 0.717) is 37.1 Å². The molecule has 0 aromatic heterocycles. The molecule has 6 N–H and O–H groups in total. The Bertz CT molecular complexity index is 912. The van der Waals surface area contributed by atoms with Crippen LogP contribution in [0, 0.1) is 5.92 Å². The van der Waals surface area contributed by atoms with Crippen LogP contribution in [0.15, 0.2) is 24.3 Å². The molecule has 1 fully saturated rings. The summed E-state index contributed by atoms with van der Waals surface area (Å²) >= 11 is 1.48. The van der Waals surface area contributed by atoms with E-state index in [2.05, 4.69) is 10.6 Å². The van der Waals surface area contributed by atoms with Crippen LogP contribution in [0.3, 0.4) is 0 Å². The number of hydrogen-bond donors (Lipinski definition) is 5. The molecule has 5 atom stereocenters. The minimum atomic E-state index is -1.12. The Morgan fingerprint density at radius 1 is 1.17 bits per heavy atom. The Balaban J connectivity index is 2.22. The number of carbonyl (C=O) groups is 4. The van der Waals surface area contributed by atoms with Crippen molar-refractivity contribution in [2.45, 2.75) is 70.1 Å². The SMILES string of the molecule is CCC(C)C(N)C(=O)NC(Cc1ccc(O)cc1)C(=O)N1CCCC1C(=O)NC(CCSC)C(=O)O. The lowest BCUT2D eigenvalue weighted by molar-refractivity contribution is -0.145. The summed E-state index contributed by atoms with van der Waals surface area (Å²) in [5, 5.41) is 24.4. The number of benzene rings is 1. The highest BCUT2D eigenvalue weighted by molar-refractivity contribution is 7.98. The smallest absolute Gasteiger partial charge is 0.326 e. The van der Waals surface area contributed by atoms with Gasteiger partial charge in [-0.05, 0) is 54.9 Å². The van der Waals surface area contributed by atoms with Crippen molar-refractivity contribution in [2.24, 2.45) is 11.7 Å². The second kappa shape index (κ2) is 14.1. The number of nitrogens with zero attached hydrogens (tertiary/aromatic N) is 1. The van der Waals surface area contributed by atoms with Crippen molar-refractivity contribution in [1.82, 2.24) is 15.5 Å². The summed E-state index contributed by atoms with van der Waals surface area (Å²) < 4.78 is 0. The van der Waals surface area contributed by atoms with Crippen molar-refractivity contribution < 1.29 is 29.4 Å². The van der Waals surface area contributed by atoms with E-state index >= 15 is 0 Å². The summed E-state index contributed by atoms with van der Waals surface area (Å²) in [5.41, 5.74) is 6.81. The molecular formula is C25H38N4O6S. The van der Waals surface area contributed by atoms with Crippen molar-refractivity contribution in [1.29, 1.82) is 0 Å². The van der Waals surface area contributed by atoms with Crippen LogP contribution in [-0.4, -0.2) is 81.5 Å². The number of aliphatic carboxylic acids is 1. The van der Waals surface area contributed by atoms with Gasteiger partial charge in [0.15, 0.2) is 0 Å². The van der Waals surface area contributed by atoms with E-state index < -0.39 is 47.9 Å². The number of carboxylic acids is 1. The molecule has 1 aromatic carbocycles. The first-order chi connectivity index (χ1) is 17.1. The van der Waals surface area contributed by atoms with Crippen LogP contribution in [0.2, 0.25) is 0 Å². The van der Waals surface area contributed by atoms with Crippen LogP contribution in [0.25, 0.3) is 0 Å². The van der Waals surface area contributed by atoms with Crippen LogP contribution >= 0.6 is 11.8 Å². The third kappa shape index (κ3) is 8.12. The number of thioether (sulfide) groups is 1. The van der Waals surface area contributed by atoms with Gasteiger partial charge in [-0.1, -0.05) is 32.4 Å². The Labute approximate surface area is 216 Å². The third-order valence-corrected chi connectivity index (χ3v) is 7.26. The molecule has 200 valence electrons. The number of hydrogen-bond acceptors (Lipinski definition) is 7. The van der Waals surface area contributed by atoms with Crippen LogP contribution in [0.1, 0.15) is 45.1 Å². The fraction of sp³-hybridized carbons (Fsp3) is 0.600. The van der Waals surface area contributed by atoms with Crippen molar-refractivity contribution in [3.8, 4) is 5.75 Å². The fourth-order valence-corrected chi connectivity index (χ4v) is 4.58. The minimum absolute atomic E-state index is 0.0789. The van der Waals surface area contributed by atoms with Gasteiger partial charge >= 0.3 is 5.97 Å². The molecule has 10 nitrogen and oxygen atoms in total. The fourth-order valence-electron chi connectivity index (χ4n) is 4.11. The molecule has 0 spiro atoms. The summed E-state index contributed by atoms with van der Waals surface area (Å²) in [5.74, 6) is -1.96. The van der Waals surface area contributed by atoms with Crippen LogP contribution < -0.4 is 16.4 Å². The Morgan fingerprint density at radius 3 is 2.42 bits per heavy atom. The molecule has 5 unspecified atom stereocenters. The van der Waals surface area contributed by atoms with Crippen molar-refractivity contribution >= 4 is 35.5 Å². The quantitative estimate of drug-likeness (QED) is 0.257. The maximum Gasteiger partial charge on any atom is 0.326 e. The van der Waals surface area contributed by atoms with Gasteiger partial charge in [0, 0.05) is 13.0 Å². The number of likely N-dealkylation sites (tertiary alicyclic amines) is 1. The topological polar surface area (TPSA) is 162 Å². The highest BCUT2D eigenvalue weighted by atomic mass is 32.2. The zero-order valence-electron chi connectivity index (χ0n) is 21.1. The van der Waals surface area contributed by atoms with E-state index in [9.17, 15) is 29.4 Å². The number of phenolic OH excluding ortho intramolecular Hbond substituents is 1. The molecule has 11 heteroatoms. The Kier molecular flexibility index (Phi) is 11.5. The van der Waals surface area contributed by atoms with E-state index in [1.807, 2.05) is 20.1 Å². The van der Waals surface area contributed by atoms with Gasteiger partial charge in [0.1, 0.15) is 23.9 Å². The van der Waals surface area contributed by atoms with Gasteiger partial charge in [-0.15, -0.1) is 0 Å². The van der Waals surface area contributed by atoms with Gasteiger partial charge in [0.2, 0.25) is 17.7 Å². The summed E-state index contributed by atoms with van der Waals surface area (Å²) in [7, 11) is 0. The Hall–Kier alpha value is -2.79. The second-order valence-electron chi connectivity index (χ2n) is 9.21. The number of carboxylic acid groups (broad SMARTS) is 1. The largest absolute Gasteiger partial charge is 0.508 e. The molecule has 0 saturated carbocycles. The molecule has 0 radical (unpaired) electrons. The molecule has 1 saturated heterocycles. The molecule has 36 heavy (non-hydrogen) atoms. The van der Waals surface area contributed by atoms with Crippen LogP contribution in [-0.2, 0) is 25.6 Å². The molecule has 0 aliphatic carbocycles. The number of amides is 3. The highest BCUT2D eigenvalue weighted by Gasteiger charge is 2.39. The molecule has 0 bridgehead atoms. The maximum absolute atomic E-state index is 13.6. The van der Waals surface area contributed by atoms with Gasteiger partial charge < -0.3 is 31.5 Å². The normalized spacial score (nSPS) is 18.7. The molecule has 1 aliphatic heterocycles. The zero-order chi connectivity index (χ0) is 26.8. The summed E-state index contributed by atoms with van der Waals surface area (Å²) in [6.45, 7) is 4.10. The number of rotatable bonds is 13. The van der Waals surface area contributed by atoms with Gasteiger partial charge in [-0.25, -0.2) is 4.79 Å². The van der Waals surface area contributed by atoms with Gasteiger partial charge in [0.25, 0.3) is 0 Å². The molecule has 1 aliphatic rings. The third-order valence-electron chi connectivity index (χ3n) is 6.61. The zero-order valence-corrected chi connectivity index (χ0v) is 21.9. The lowest BCUT2D eigenvalue weighted by Gasteiger charge is -2.30. The molecule has 3 amide bonds. The van der Waals surface area contributed by atoms with E-state index in [4.69, 9.17) is 5.73 Å². The highest BCUT2D eigenvalue weighted by Crippen LogP contribution is 2.21.